The van der Waals surface area contributed by atoms with Crippen LogP contribution < -0.4 is 0 Å². The first kappa shape index (κ1) is 21.0. The van der Waals surface area contributed by atoms with E-state index in [1.54, 1.807) is 0 Å². The Balaban J connectivity index is 1.58. The van der Waals surface area contributed by atoms with Crippen LogP contribution in [0.25, 0.3) is 5.83 Å². The van der Waals surface area contributed by atoms with Gasteiger partial charge in [0, 0.05) is 14.3 Å². The summed E-state index contributed by atoms with van der Waals surface area (Å²) in [6, 6.07) is 7.12. The summed E-state index contributed by atoms with van der Waals surface area (Å²) in [6.07, 6.45) is 8.42. The van der Waals surface area contributed by atoms with Crippen molar-refractivity contribution in [2.45, 2.75) is 75.9 Å². The molecule has 5 heteroatoms. The largest absolute Gasteiger partial charge is 0.206 e. The minimum absolute atomic E-state index is 0.174. The summed E-state index contributed by atoms with van der Waals surface area (Å²) in [5, 5.41) is 0. The number of hydrogen-bond donors (Lipinski definition) is 0. The maximum Gasteiger partial charge on any atom is 0.147 e. The Morgan fingerprint density at radius 3 is 2.11 bits per heavy atom. The summed E-state index contributed by atoms with van der Waals surface area (Å²) in [5.74, 6) is -0.965. The highest BCUT2D eigenvalue weighted by Crippen LogP contribution is 2.44. The summed E-state index contributed by atoms with van der Waals surface area (Å²) in [6.45, 7) is 2.30. The topological polar surface area (TPSA) is 0 Å². The van der Waals surface area contributed by atoms with E-state index in [9.17, 15) is 13.2 Å². The van der Waals surface area contributed by atoms with E-state index in [-0.39, 0.29) is 5.92 Å². The van der Waals surface area contributed by atoms with Crippen molar-refractivity contribution in [3.63, 3.8) is 0 Å². The maximum absolute atomic E-state index is 14.2. The quantitative estimate of drug-likeness (QED) is 0.431. The van der Waals surface area contributed by atoms with Crippen molar-refractivity contribution < 1.29 is 13.2 Å². The Morgan fingerprint density at radius 2 is 1.59 bits per heavy atom. The van der Waals surface area contributed by atoms with Gasteiger partial charge in [0.1, 0.15) is 17.5 Å². The smallest absolute Gasteiger partial charge is 0.147 e. The Hall–Kier alpha value is -0.743. The standard InChI is InChI=1S/C22H30ClF3Si/c1-2-9-27-10-7-17(8-11-27)15-3-5-16(6-4-15)18-12-19(24)22(20(25)13-18)21(26)14-23/h12-17,27H,2-11H2,1H3/b21-14-. The molecule has 2 fully saturated rings. The van der Waals surface area contributed by atoms with E-state index in [0.717, 1.165) is 37.5 Å². The van der Waals surface area contributed by atoms with Crippen LogP contribution in [0, 0.1) is 23.5 Å². The lowest BCUT2D eigenvalue weighted by Gasteiger charge is -2.37. The molecule has 1 saturated heterocycles. The molecular weight excluding hydrogens is 385 g/mol. The molecule has 1 aliphatic heterocycles. The molecule has 0 nitrogen and oxygen atoms in total. The van der Waals surface area contributed by atoms with Crippen LogP contribution in [0.3, 0.4) is 0 Å². The second-order valence-corrected chi connectivity index (χ2v) is 12.2. The van der Waals surface area contributed by atoms with Crippen LogP contribution in [0.15, 0.2) is 17.7 Å². The van der Waals surface area contributed by atoms with Gasteiger partial charge in [-0.15, -0.1) is 0 Å². The van der Waals surface area contributed by atoms with Crippen LogP contribution in [-0.4, -0.2) is 8.80 Å². The molecule has 0 atom stereocenters. The predicted octanol–water partition coefficient (Wildman–Crippen LogP) is 7.79. The molecule has 1 aromatic carbocycles. The third-order valence-corrected chi connectivity index (χ3v) is 10.8. The van der Waals surface area contributed by atoms with Crippen LogP contribution in [0.4, 0.5) is 13.2 Å². The number of rotatable bonds is 5. The summed E-state index contributed by atoms with van der Waals surface area (Å²) >= 11 is 5.27. The van der Waals surface area contributed by atoms with E-state index in [4.69, 9.17) is 11.6 Å². The molecule has 1 aliphatic carbocycles. The fourth-order valence-electron chi connectivity index (χ4n) is 5.39. The Bertz CT molecular complexity index is 637. The predicted molar refractivity (Wildman–Crippen MR) is 111 cm³/mol. The van der Waals surface area contributed by atoms with Crippen molar-refractivity contribution in [3.8, 4) is 0 Å². The molecule has 1 saturated carbocycles. The Morgan fingerprint density at radius 1 is 1.04 bits per heavy atom. The first-order valence-electron chi connectivity index (χ1n) is 10.5. The van der Waals surface area contributed by atoms with Crippen LogP contribution in [0.2, 0.25) is 18.1 Å². The number of hydrogen-bond acceptors (Lipinski definition) is 0. The van der Waals surface area contributed by atoms with Gasteiger partial charge in [-0.05, 0) is 61.1 Å². The summed E-state index contributed by atoms with van der Waals surface area (Å²) in [4.78, 5) is 0. The molecule has 0 N–H and O–H groups in total. The van der Waals surface area contributed by atoms with Gasteiger partial charge in [0.25, 0.3) is 0 Å². The summed E-state index contributed by atoms with van der Waals surface area (Å²) in [7, 11) is -0.436. The maximum atomic E-state index is 14.2. The van der Waals surface area contributed by atoms with Crippen LogP contribution in [0.5, 0.6) is 0 Å². The molecule has 27 heavy (non-hydrogen) atoms. The van der Waals surface area contributed by atoms with E-state index in [2.05, 4.69) is 6.92 Å². The van der Waals surface area contributed by atoms with Gasteiger partial charge in [-0.2, -0.15) is 0 Å². The monoisotopic (exact) mass is 414 g/mol. The fourth-order valence-corrected chi connectivity index (χ4v) is 8.98. The van der Waals surface area contributed by atoms with E-state index >= 15 is 0 Å². The minimum atomic E-state index is -1.07. The molecule has 0 unspecified atom stereocenters. The average molecular weight is 415 g/mol. The van der Waals surface area contributed by atoms with E-state index in [0.29, 0.717) is 11.1 Å². The van der Waals surface area contributed by atoms with Crippen LogP contribution >= 0.6 is 11.6 Å². The zero-order valence-corrected chi connectivity index (χ0v) is 18.0. The second-order valence-electron chi connectivity index (χ2n) is 8.50. The normalized spacial score (nSPS) is 29.7. The lowest BCUT2D eigenvalue weighted by molar-refractivity contribution is 0.216. The van der Waals surface area contributed by atoms with Crippen LogP contribution in [-0.2, 0) is 0 Å². The highest BCUT2D eigenvalue weighted by atomic mass is 35.5. The summed E-state index contributed by atoms with van der Waals surface area (Å²) < 4.78 is 41.9. The van der Waals surface area contributed by atoms with Crippen molar-refractivity contribution in [1.82, 2.24) is 0 Å². The third kappa shape index (κ3) is 5.00. The summed E-state index contributed by atoms with van der Waals surface area (Å²) in [5.41, 5.74) is 0.578. The second kappa shape index (κ2) is 9.64. The minimum Gasteiger partial charge on any atom is -0.206 e. The van der Waals surface area contributed by atoms with Crippen molar-refractivity contribution in [2.24, 2.45) is 11.8 Å². The number of halogens is 4. The van der Waals surface area contributed by atoms with Gasteiger partial charge in [0.05, 0.1) is 5.56 Å². The third-order valence-electron chi connectivity index (χ3n) is 6.90. The lowest BCUT2D eigenvalue weighted by atomic mass is 9.72. The van der Waals surface area contributed by atoms with E-state index in [1.807, 2.05) is 0 Å². The van der Waals surface area contributed by atoms with Gasteiger partial charge >= 0.3 is 0 Å². The van der Waals surface area contributed by atoms with Crippen molar-refractivity contribution in [1.29, 1.82) is 0 Å². The molecule has 0 spiro atoms. The SMILES string of the molecule is CCC[SiH]1CCC(C2CCC(c3cc(F)c(/C(F)=C/Cl)c(F)c3)CC2)CC1. The van der Waals surface area contributed by atoms with Crippen molar-refractivity contribution in [2.75, 3.05) is 0 Å². The lowest BCUT2D eigenvalue weighted by Crippen LogP contribution is -2.28. The molecule has 0 bridgehead atoms. The fraction of sp³-hybridized carbons (Fsp3) is 0.636. The molecular formula is C22H30ClF3Si. The zero-order valence-electron chi connectivity index (χ0n) is 16.1. The Kier molecular flexibility index (Phi) is 7.49. The van der Waals surface area contributed by atoms with E-state index < -0.39 is 31.8 Å². The first-order chi connectivity index (χ1) is 13.0. The number of benzene rings is 1. The van der Waals surface area contributed by atoms with Gasteiger partial charge in [-0.3, -0.25) is 0 Å². The molecule has 0 amide bonds. The molecule has 150 valence electrons. The molecule has 3 rings (SSSR count). The molecule has 1 aromatic rings. The molecule has 1 heterocycles. The van der Waals surface area contributed by atoms with E-state index in [1.165, 1.54) is 49.5 Å². The first-order valence-corrected chi connectivity index (χ1v) is 13.4. The van der Waals surface area contributed by atoms with Gasteiger partial charge < -0.3 is 0 Å². The molecule has 0 radical (unpaired) electrons. The highest BCUT2D eigenvalue weighted by molar-refractivity contribution is 6.58. The molecule has 0 aromatic heterocycles. The highest BCUT2D eigenvalue weighted by Gasteiger charge is 2.32. The van der Waals surface area contributed by atoms with Crippen molar-refractivity contribution in [3.05, 3.63) is 40.4 Å². The molecule has 2 aliphatic rings. The van der Waals surface area contributed by atoms with Crippen LogP contribution in [0.1, 0.15) is 68.9 Å². The van der Waals surface area contributed by atoms with Gasteiger partial charge in [0.2, 0.25) is 0 Å². The average Bonchev–Trinajstić information content (AvgIpc) is 2.68. The Labute approximate surface area is 167 Å². The van der Waals surface area contributed by atoms with Gasteiger partial charge in [-0.1, -0.05) is 55.9 Å². The van der Waals surface area contributed by atoms with Gasteiger partial charge in [0.15, 0.2) is 0 Å². The van der Waals surface area contributed by atoms with Crippen molar-refractivity contribution >= 4 is 26.2 Å². The van der Waals surface area contributed by atoms with Gasteiger partial charge in [-0.25, -0.2) is 13.2 Å². The zero-order chi connectivity index (χ0) is 19.4.